The van der Waals surface area contributed by atoms with Crippen LogP contribution in [0.2, 0.25) is 0 Å². The fraction of sp³-hybridized carbons (Fsp3) is 0.0667. The Morgan fingerprint density at radius 2 is 1.95 bits per heavy atom. The average molecular weight is 301 g/mol. The summed E-state index contributed by atoms with van der Waals surface area (Å²) in [4.78, 5) is 17.6. The molecule has 0 aliphatic rings. The summed E-state index contributed by atoms with van der Waals surface area (Å²) in [6.07, 6.45) is 0.690. The molecule has 3 nitrogen and oxygen atoms in total. The Morgan fingerprint density at radius 1 is 1.15 bits per heavy atom. The number of thiazole rings is 1. The molecule has 0 aliphatic heterocycles. The van der Waals surface area contributed by atoms with Crippen molar-refractivity contribution < 1.29 is 9.90 Å². The molecule has 0 saturated heterocycles. The molecule has 0 aliphatic carbocycles. The predicted octanol–water partition coefficient (Wildman–Crippen LogP) is 4.16. The molecule has 100 valence electrons. The summed E-state index contributed by atoms with van der Waals surface area (Å²) >= 11 is 3.11. The van der Waals surface area contributed by atoms with Gasteiger partial charge in [0.2, 0.25) is 0 Å². The molecule has 3 aromatic rings. The molecule has 5 heteroatoms. The smallest absolute Gasteiger partial charge is 0.356 e. The predicted molar refractivity (Wildman–Crippen MR) is 81.6 cm³/mol. The van der Waals surface area contributed by atoms with Gasteiger partial charge in [0.1, 0.15) is 0 Å². The van der Waals surface area contributed by atoms with Crippen molar-refractivity contribution in [2.45, 2.75) is 6.42 Å². The number of nitrogens with zero attached hydrogens (tertiary/aromatic N) is 1. The van der Waals surface area contributed by atoms with Gasteiger partial charge < -0.3 is 5.11 Å². The molecular weight excluding hydrogens is 290 g/mol. The quantitative estimate of drug-likeness (QED) is 0.787. The molecule has 0 bridgehead atoms. The molecule has 3 rings (SSSR count). The maximum absolute atomic E-state index is 11.4. The van der Waals surface area contributed by atoms with Crippen LogP contribution in [0.3, 0.4) is 0 Å². The Bertz CT molecular complexity index is 718. The topological polar surface area (TPSA) is 50.2 Å². The van der Waals surface area contributed by atoms with Crippen LogP contribution < -0.4 is 0 Å². The van der Waals surface area contributed by atoms with E-state index in [0.717, 1.165) is 15.4 Å². The van der Waals surface area contributed by atoms with Crippen molar-refractivity contribution in [3.8, 4) is 10.4 Å². The molecule has 0 atom stereocenters. The van der Waals surface area contributed by atoms with E-state index in [0.29, 0.717) is 6.42 Å². The highest BCUT2D eigenvalue weighted by Crippen LogP contribution is 2.31. The van der Waals surface area contributed by atoms with Crippen LogP contribution >= 0.6 is 22.7 Å². The summed E-state index contributed by atoms with van der Waals surface area (Å²) in [5, 5.41) is 12.2. The van der Waals surface area contributed by atoms with E-state index in [2.05, 4.69) is 4.98 Å². The van der Waals surface area contributed by atoms with Crippen molar-refractivity contribution in [1.29, 1.82) is 0 Å². The first-order valence-corrected chi connectivity index (χ1v) is 7.74. The minimum Gasteiger partial charge on any atom is -0.476 e. The van der Waals surface area contributed by atoms with Crippen LogP contribution in [0.1, 0.15) is 20.4 Å². The molecule has 0 amide bonds. The van der Waals surface area contributed by atoms with E-state index in [1.807, 2.05) is 47.8 Å². The van der Waals surface area contributed by atoms with E-state index in [9.17, 15) is 9.90 Å². The van der Waals surface area contributed by atoms with Gasteiger partial charge in [-0.25, -0.2) is 9.78 Å². The van der Waals surface area contributed by atoms with Gasteiger partial charge in [-0.1, -0.05) is 36.4 Å². The van der Waals surface area contributed by atoms with Crippen LogP contribution in [0.25, 0.3) is 10.4 Å². The number of carboxylic acids is 1. The highest BCUT2D eigenvalue weighted by molar-refractivity contribution is 7.15. The molecule has 0 radical (unpaired) electrons. The van der Waals surface area contributed by atoms with Gasteiger partial charge in [-0.2, -0.15) is 0 Å². The third kappa shape index (κ3) is 2.64. The second kappa shape index (κ2) is 5.56. The lowest BCUT2D eigenvalue weighted by molar-refractivity contribution is 0.0692. The van der Waals surface area contributed by atoms with Gasteiger partial charge in [0.15, 0.2) is 5.69 Å². The number of carbonyl (C=O) groups is 1. The molecule has 2 heterocycles. The molecule has 0 saturated carbocycles. The molecule has 0 spiro atoms. The summed E-state index contributed by atoms with van der Waals surface area (Å²) < 4.78 is 0. The molecule has 0 fully saturated rings. The second-order valence-corrected chi connectivity index (χ2v) is 6.33. The van der Waals surface area contributed by atoms with Crippen molar-refractivity contribution in [3.63, 3.8) is 0 Å². The van der Waals surface area contributed by atoms with Crippen LogP contribution in [-0.2, 0) is 6.42 Å². The highest BCUT2D eigenvalue weighted by Gasteiger charge is 2.18. The van der Waals surface area contributed by atoms with Crippen molar-refractivity contribution in [3.05, 3.63) is 63.4 Å². The third-order valence-corrected chi connectivity index (χ3v) is 4.80. The van der Waals surface area contributed by atoms with Crippen LogP contribution in [0.5, 0.6) is 0 Å². The minimum atomic E-state index is -0.975. The van der Waals surface area contributed by atoms with Gasteiger partial charge in [0.25, 0.3) is 0 Å². The van der Waals surface area contributed by atoms with Gasteiger partial charge >= 0.3 is 5.97 Å². The zero-order chi connectivity index (χ0) is 13.9. The summed E-state index contributed by atoms with van der Waals surface area (Å²) in [6.45, 7) is 0. The third-order valence-electron chi connectivity index (χ3n) is 2.82. The van der Waals surface area contributed by atoms with Crippen molar-refractivity contribution in [1.82, 2.24) is 4.98 Å². The zero-order valence-electron chi connectivity index (χ0n) is 10.4. The number of hydrogen-bond acceptors (Lipinski definition) is 4. The Balaban J connectivity index is 2.01. The van der Waals surface area contributed by atoms with Crippen LogP contribution in [0.4, 0.5) is 0 Å². The van der Waals surface area contributed by atoms with Crippen LogP contribution in [0.15, 0.2) is 47.8 Å². The zero-order valence-corrected chi connectivity index (χ0v) is 12.1. The lowest BCUT2D eigenvalue weighted by Crippen LogP contribution is -1.99. The number of benzene rings is 1. The largest absolute Gasteiger partial charge is 0.476 e. The van der Waals surface area contributed by atoms with E-state index >= 15 is 0 Å². The summed E-state index contributed by atoms with van der Waals surface area (Å²) in [5.74, 6) is -0.975. The van der Waals surface area contributed by atoms with Gasteiger partial charge in [-0.15, -0.1) is 22.7 Å². The van der Waals surface area contributed by atoms with Gasteiger partial charge in [0, 0.05) is 11.3 Å². The number of aromatic carboxylic acids is 1. The van der Waals surface area contributed by atoms with E-state index in [1.165, 1.54) is 16.2 Å². The lowest BCUT2D eigenvalue weighted by atomic mass is 10.1. The average Bonchev–Trinajstić information content (AvgIpc) is 3.10. The molecular formula is C15H11NO2S2. The van der Waals surface area contributed by atoms with Gasteiger partial charge in [-0.3, -0.25) is 0 Å². The Morgan fingerprint density at radius 3 is 2.60 bits per heavy atom. The fourth-order valence-corrected chi connectivity index (χ4v) is 3.82. The molecule has 0 unspecified atom stereocenters. The number of carboxylic acid groups (broad SMARTS) is 1. The SMILES string of the molecule is O=C(O)c1nc(Cc2cccs2)sc1-c1ccccc1. The van der Waals surface area contributed by atoms with E-state index in [1.54, 1.807) is 11.3 Å². The van der Waals surface area contributed by atoms with E-state index in [4.69, 9.17) is 0 Å². The maximum atomic E-state index is 11.4. The van der Waals surface area contributed by atoms with Crippen LogP contribution in [-0.4, -0.2) is 16.1 Å². The normalized spacial score (nSPS) is 10.6. The first kappa shape index (κ1) is 13.0. The van der Waals surface area contributed by atoms with E-state index < -0.39 is 5.97 Å². The monoisotopic (exact) mass is 301 g/mol. The molecule has 1 N–H and O–H groups in total. The molecule has 20 heavy (non-hydrogen) atoms. The molecule has 2 aromatic heterocycles. The van der Waals surface area contributed by atoms with Crippen molar-refractivity contribution in [2.75, 3.05) is 0 Å². The summed E-state index contributed by atoms with van der Waals surface area (Å²) in [5.41, 5.74) is 1.05. The Labute approximate surface area is 124 Å². The number of rotatable bonds is 4. The second-order valence-electron chi connectivity index (χ2n) is 4.21. The Hall–Kier alpha value is -1.98. The standard InChI is InChI=1S/C15H11NO2S2/c17-15(18)13-14(10-5-2-1-3-6-10)20-12(16-13)9-11-7-4-8-19-11/h1-8H,9H2,(H,17,18). The van der Waals surface area contributed by atoms with Gasteiger partial charge in [-0.05, 0) is 17.0 Å². The number of aromatic nitrogens is 1. The fourth-order valence-electron chi connectivity index (χ4n) is 1.93. The summed E-state index contributed by atoms with van der Waals surface area (Å²) in [6, 6.07) is 13.6. The summed E-state index contributed by atoms with van der Waals surface area (Å²) in [7, 11) is 0. The van der Waals surface area contributed by atoms with Crippen molar-refractivity contribution >= 4 is 28.6 Å². The highest BCUT2D eigenvalue weighted by atomic mass is 32.1. The van der Waals surface area contributed by atoms with Crippen molar-refractivity contribution in [2.24, 2.45) is 0 Å². The number of hydrogen-bond donors (Lipinski definition) is 1. The minimum absolute atomic E-state index is 0.146. The first-order chi connectivity index (χ1) is 9.74. The number of thiophene rings is 1. The molecule has 1 aromatic carbocycles. The van der Waals surface area contributed by atoms with Gasteiger partial charge in [0.05, 0.1) is 9.88 Å². The van der Waals surface area contributed by atoms with E-state index in [-0.39, 0.29) is 5.69 Å². The maximum Gasteiger partial charge on any atom is 0.356 e. The first-order valence-electron chi connectivity index (χ1n) is 6.05. The Kier molecular flexibility index (Phi) is 3.62. The lowest BCUT2D eigenvalue weighted by Gasteiger charge is -1.97. The van der Waals surface area contributed by atoms with Crippen LogP contribution in [0, 0.1) is 0 Å².